The molecule has 1 heteroatoms. The van der Waals surface area contributed by atoms with Crippen molar-refractivity contribution in [2.75, 3.05) is 0 Å². The van der Waals surface area contributed by atoms with Crippen molar-refractivity contribution >= 4 is 10.8 Å². The highest BCUT2D eigenvalue weighted by molar-refractivity contribution is 5.93. The number of aryl methyl sites for hydroxylation is 2. The lowest BCUT2D eigenvalue weighted by molar-refractivity contribution is 0.0978. The van der Waals surface area contributed by atoms with Crippen LogP contribution in [0.25, 0.3) is 10.8 Å². The van der Waals surface area contributed by atoms with Crippen LogP contribution in [0.3, 0.4) is 0 Å². The van der Waals surface area contributed by atoms with Crippen molar-refractivity contribution in [3.05, 3.63) is 47.0 Å². The van der Waals surface area contributed by atoms with Crippen LogP contribution in [0.2, 0.25) is 0 Å². The number of hydrogen-bond acceptors (Lipinski definition) is 1. The van der Waals surface area contributed by atoms with Crippen molar-refractivity contribution in [2.24, 2.45) is 5.92 Å². The maximum absolute atomic E-state index is 10.9. The van der Waals surface area contributed by atoms with Crippen LogP contribution in [0.4, 0.5) is 0 Å². The van der Waals surface area contributed by atoms with E-state index in [1.54, 1.807) is 0 Å². The molecule has 0 aromatic heterocycles. The second kappa shape index (κ2) is 6.19. The number of aliphatic hydroxyl groups is 1. The van der Waals surface area contributed by atoms with Gasteiger partial charge in [0.15, 0.2) is 0 Å². The van der Waals surface area contributed by atoms with Crippen LogP contribution in [0.1, 0.15) is 62.3 Å². The topological polar surface area (TPSA) is 20.2 Å². The Kier molecular flexibility index (Phi) is 4.30. The Labute approximate surface area is 128 Å². The molecule has 1 N–H and O–H groups in total. The molecular weight excluding hydrogens is 256 g/mol. The van der Waals surface area contributed by atoms with Crippen LogP contribution in [-0.4, -0.2) is 5.11 Å². The van der Waals surface area contributed by atoms with Crippen molar-refractivity contribution in [3.8, 4) is 0 Å². The minimum absolute atomic E-state index is 0.324. The van der Waals surface area contributed by atoms with Gasteiger partial charge in [0.2, 0.25) is 0 Å². The van der Waals surface area contributed by atoms with E-state index in [1.165, 1.54) is 21.9 Å². The summed E-state index contributed by atoms with van der Waals surface area (Å²) in [7, 11) is 0. The highest BCUT2D eigenvalue weighted by Crippen LogP contribution is 2.38. The maximum atomic E-state index is 10.9. The Morgan fingerprint density at radius 2 is 1.62 bits per heavy atom. The van der Waals surface area contributed by atoms with E-state index in [2.05, 4.69) is 44.2 Å². The predicted molar refractivity (Wildman–Crippen MR) is 89.6 cm³/mol. The smallest absolute Gasteiger partial charge is 0.0824 e. The van der Waals surface area contributed by atoms with Gasteiger partial charge < -0.3 is 5.11 Å². The van der Waals surface area contributed by atoms with Gasteiger partial charge in [-0.25, -0.2) is 0 Å². The Bertz CT molecular complexity index is 613. The monoisotopic (exact) mass is 282 g/mol. The van der Waals surface area contributed by atoms with Gasteiger partial charge in [-0.1, -0.05) is 57.0 Å². The predicted octanol–water partition coefficient (Wildman–Crippen LogP) is 5.19. The molecule has 0 heterocycles. The molecule has 3 rings (SSSR count). The minimum atomic E-state index is -0.324. The molecule has 21 heavy (non-hydrogen) atoms. The molecule has 1 aliphatic carbocycles. The van der Waals surface area contributed by atoms with E-state index in [9.17, 15) is 5.11 Å². The summed E-state index contributed by atoms with van der Waals surface area (Å²) in [6, 6.07) is 11.0. The quantitative estimate of drug-likeness (QED) is 0.773. The average Bonchev–Trinajstić information content (AvgIpc) is 2.92. The standard InChI is InChI=1S/C20H26O/c1-3-6-16(7-4-2)20(21)18-13-12-15-11-10-14-8-5-9-17(18)19(14)15/h5,8-9,12-13,16,20-21H,3-4,6-7,10-11H2,1-2H3. The van der Waals surface area contributed by atoms with E-state index in [0.717, 1.165) is 44.1 Å². The third kappa shape index (κ3) is 2.60. The Balaban J connectivity index is 2.04. The second-order valence-corrected chi connectivity index (χ2v) is 6.44. The fourth-order valence-electron chi connectivity index (χ4n) is 3.98. The lowest BCUT2D eigenvalue weighted by Gasteiger charge is -2.24. The van der Waals surface area contributed by atoms with Crippen LogP contribution >= 0.6 is 0 Å². The molecule has 1 atom stereocenters. The van der Waals surface area contributed by atoms with E-state index >= 15 is 0 Å². The van der Waals surface area contributed by atoms with Crippen LogP contribution in [0.5, 0.6) is 0 Å². The zero-order valence-corrected chi connectivity index (χ0v) is 13.2. The van der Waals surface area contributed by atoms with Gasteiger partial charge in [-0.3, -0.25) is 0 Å². The third-order valence-electron chi connectivity index (χ3n) is 4.99. The van der Waals surface area contributed by atoms with Gasteiger partial charge in [-0.15, -0.1) is 0 Å². The minimum Gasteiger partial charge on any atom is -0.388 e. The van der Waals surface area contributed by atoms with Crippen LogP contribution < -0.4 is 0 Å². The molecule has 112 valence electrons. The van der Waals surface area contributed by atoms with E-state index in [1.807, 2.05) is 0 Å². The van der Waals surface area contributed by atoms with E-state index in [0.29, 0.717) is 5.92 Å². The van der Waals surface area contributed by atoms with Crippen LogP contribution in [0.15, 0.2) is 30.3 Å². The van der Waals surface area contributed by atoms with Crippen molar-refractivity contribution in [3.63, 3.8) is 0 Å². The van der Waals surface area contributed by atoms with Gasteiger partial charge in [0, 0.05) is 0 Å². The summed E-state index contributed by atoms with van der Waals surface area (Å²) >= 11 is 0. The summed E-state index contributed by atoms with van der Waals surface area (Å²) in [6.07, 6.45) is 6.48. The van der Waals surface area contributed by atoms with E-state index in [-0.39, 0.29) is 6.10 Å². The SMILES string of the molecule is CCCC(CCC)C(O)c1ccc2c3c(cccc13)CC2. The summed E-state index contributed by atoms with van der Waals surface area (Å²) < 4.78 is 0. The summed E-state index contributed by atoms with van der Waals surface area (Å²) in [5.41, 5.74) is 4.06. The summed E-state index contributed by atoms with van der Waals surface area (Å²) in [6.45, 7) is 4.42. The molecule has 2 aromatic carbocycles. The van der Waals surface area contributed by atoms with Gasteiger partial charge in [-0.05, 0) is 59.1 Å². The molecule has 1 unspecified atom stereocenters. The van der Waals surface area contributed by atoms with E-state index < -0.39 is 0 Å². The van der Waals surface area contributed by atoms with Gasteiger partial charge in [0.1, 0.15) is 0 Å². The lowest BCUT2D eigenvalue weighted by Crippen LogP contribution is -2.13. The first kappa shape index (κ1) is 14.6. The number of aliphatic hydroxyl groups excluding tert-OH is 1. The first-order chi connectivity index (χ1) is 10.3. The number of benzene rings is 2. The largest absolute Gasteiger partial charge is 0.388 e. The van der Waals surface area contributed by atoms with Gasteiger partial charge in [-0.2, -0.15) is 0 Å². The molecule has 0 aliphatic heterocycles. The zero-order valence-electron chi connectivity index (χ0n) is 13.2. The highest BCUT2D eigenvalue weighted by atomic mass is 16.3. The average molecular weight is 282 g/mol. The molecule has 0 saturated heterocycles. The zero-order chi connectivity index (χ0) is 14.8. The molecule has 1 nitrogen and oxygen atoms in total. The molecule has 1 aliphatic rings. The molecule has 0 amide bonds. The van der Waals surface area contributed by atoms with Crippen molar-refractivity contribution in [1.82, 2.24) is 0 Å². The van der Waals surface area contributed by atoms with Crippen LogP contribution in [0, 0.1) is 5.92 Å². The van der Waals surface area contributed by atoms with Crippen molar-refractivity contribution in [2.45, 2.75) is 58.5 Å². The van der Waals surface area contributed by atoms with Gasteiger partial charge in [0.25, 0.3) is 0 Å². The first-order valence-electron chi connectivity index (χ1n) is 8.47. The fourth-order valence-corrected chi connectivity index (χ4v) is 3.98. The Morgan fingerprint density at radius 3 is 2.29 bits per heavy atom. The molecule has 0 radical (unpaired) electrons. The Morgan fingerprint density at radius 1 is 0.952 bits per heavy atom. The van der Waals surface area contributed by atoms with Gasteiger partial charge in [0.05, 0.1) is 6.10 Å². The maximum Gasteiger partial charge on any atom is 0.0824 e. The normalized spacial score (nSPS) is 15.0. The number of rotatable bonds is 6. The molecule has 0 spiro atoms. The molecule has 2 aromatic rings. The van der Waals surface area contributed by atoms with Crippen LogP contribution in [-0.2, 0) is 12.8 Å². The van der Waals surface area contributed by atoms with Crippen molar-refractivity contribution in [1.29, 1.82) is 0 Å². The Hall–Kier alpha value is -1.34. The third-order valence-corrected chi connectivity index (χ3v) is 4.99. The second-order valence-electron chi connectivity index (χ2n) is 6.44. The van der Waals surface area contributed by atoms with Crippen molar-refractivity contribution < 1.29 is 5.11 Å². The number of hydrogen-bond donors (Lipinski definition) is 1. The van der Waals surface area contributed by atoms with E-state index in [4.69, 9.17) is 0 Å². The molecular formula is C20H26O. The summed E-state index contributed by atoms with van der Waals surface area (Å²) in [5.74, 6) is 0.387. The van der Waals surface area contributed by atoms with Gasteiger partial charge >= 0.3 is 0 Å². The summed E-state index contributed by atoms with van der Waals surface area (Å²) in [4.78, 5) is 0. The molecule has 0 saturated carbocycles. The highest BCUT2D eigenvalue weighted by Gasteiger charge is 2.23. The fraction of sp³-hybridized carbons (Fsp3) is 0.500. The molecule has 0 bridgehead atoms. The first-order valence-corrected chi connectivity index (χ1v) is 8.47. The lowest BCUT2D eigenvalue weighted by atomic mass is 9.85. The summed E-state index contributed by atoms with van der Waals surface area (Å²) in [5, 5.41) is 13.6. The molecule has 0 fully saturated rings.